The average Bonchev–Trinajstić information content (AvgIpc) is 3.55. The summed E-state index contributed by atoms with van der Waals surface area (Å²) in [6.07, 6.45) is -1.72. The molecule has 0 unspecified atom stereocenters. The third kappa shape index (κ3) is 5.18. The van der Waals surface area contributed by atoms with Crippen LogP contribution in [-0.2, 0) is 16.6 Å². The minimum Gasteiger partial charge on any atom is -0.347 e. The topological polar surface area (TPSA) is 87.8 Å². The van der Waals surface area contributed by atoms with E-state index in [2.05, 4.69) is 4.98 Å². The van der Waals surface area contributed by atoms with E-state index >= 15 is 4.39 Å². The normalized spacial score (nSPS) is 15.8. The summed E-state index contributed by atoms with van der Waals surface area (Å²) in [6.45, 7) is 5.97. The summed E-state index contributed by atoms with van der Waals surface area (Å²) in [6, 6.07) is 4.73. The van der Waals surface area contributed by atoms with Gasteiger partial charge in [0.2, 0.25) is 10.0 Å². The van der Waals surface area contributed by atoms with Crippen LogP contribution in [-0.4, -0.2) is 29.4 Å². The molecular formula is C24H24F4N4O2S. The number of aromatic nitrogens is 2. The van der Waals surface area contributed by atoms with Crippen LogP contribution in [0.3, 0.4) is 0 Å². The van der Waals surface area contributed by atoms with Gasteiger partial charge in [-0.05, 0) is 42.5 Å². The molecule has 0 amide bonds. The maximum Gasteiger partial charge on any atom is 0.408 e. The molecule has 186 valence electrons. The molecule has 2 heterocycles. The number of benzene rings is 1. The van der Waals surface area contributed by atoms with Gasteiger partial charge in [-0.25, -0.2) is 12.8 Å². The molecule has 35 heavy (non-hydrogen) atoms. The minimum absolute atomic E-state index is 0.0309. The predicted octanol–water partition coefficient (Wildman–Crippen LogP) is 5.45. The van der Waals surface area contributed by atoms with Crippen molar-refractivity contribution in [3.05, 3.63) is 53.6 Å². The van der Waals surface area contributed by atoms with Gasteiger partial charge in [-0.1, -0.05) is 20.8 Å². The van der Waals surface area contributed by atoms with Crippen LogP contribution in [0.4, 0.5) is 17.6 Å². The van der Waals surface area contributed by atoms with Crippen LogP contribution >= 0.6 is 0 Å². The zero-order valence-corrected chi connectivity index (χ0v) is 20.1. The van der Waals surface area contributed by atoms with Crippen molar-refractivity contribution in [1.29, 1.82) is 5.26 Å². The van der Waals surface area contributed by atoms with E-state index < -0.39 is 33.3 Å². The molecule has 0 aliphatic heterocycles. The minimum atomic E-state index is -4.95. The fourth-order valence-electron chi connectivity index (χ4n) is 4.05. The molecule has 1 atom stereocenters. The first-order chi connectivity index (χ1) is 16.2. The zero-order chi connectivity index (χ0) is 25.8. The largest absolute Gasteiger partial charge is 0.408 e. The van der Waals surface area contributed by atoms with Crippen molar-refractivity contribution in [2.24, 2.45) is 5.41 Å². The van der Waals surface area contributed by atoms with Crippen molar-refractivity contribution in [2.45, 2.75) is 57.6 Å². The van der Waals surface area contributed by atoms with Crippen LogP contribution in [0.25, 0.3) is 22.2 Å². The van der Waals surface area contributed by atoms with Crippen molar-refractivity contribution < 1.29 is 26.0 Å². The number of fused-ring (bicyclic) bond motifs is 1. The number of pyridine rings is 1. The summed E-state index contributed by atoms with van der Waals surface area (Å²) in [5, 5.41) is 8.49. The van der Waals surface area contributed by atoms with Crippen molar-refractivity contribution in [2.75, 3.05) is 0 Å². The highest BCUT2D eigenvalue weighted by Gasteiger charge is 2.48. The Morgan fingerprint density at radius 1 is 1.26 bits per heavy atom. The van der Waals surface area contributed by atoms with Gasteiger partial charge in [0.15, 0.2) is 0 Å². The van der Waals surface area contributed by atoms with Gasteiger partial charge in [-0.15, -0.1) is 0 Å². The Morgan fingerprint density at radius 2 is 1.94 bits per heavy atom. The Bertz CT molecular complexity index is 1430. The summed E-state index contributed by atoms with van der Waals surface area (Å²) in [5.74, 6) is -0.867. The Labute approximate surface area is 200 Å². The number of halogens is 4. The van der Waals surface area contributed by atoms with Gasteiger partial charge >= 0.3 is 6.18 Å². The molecule has 0 radical (unpaired) electrons. The molecule has 3 aromatic rings. The quantitative estimate of drug-likeness (QED) is 0.449. The summed E-state index contributed by atoms with van der Waals surface area (Å²) >= 11 is 0. The molecule has 1 aliphatic carbocycles. The van der Waals surface area contributed by atoms with E-state index in [-0.39, 0.29) is 45.2 Å². The van der Waals surface area contributed by atoms with E-state index in [0.29, 0.717) is 12.8 Å². The van der Waals surface area contributed by atoms with Gasteiger partial charge in [-0.3, -0.25) is 4.98 Å². The van der Waals surface area contributed by atoms with Crippen molar-refractivity contribution in [3.8, 4) is 17.3 Å². The molecule has 6 nitrogen and oxygen atoms in total. The number of alkyl halides is 3. The molecule has 1 saturated carbocycles. The van der Waals surface area contributed by atoms with Crippen LogP contribution in [0.2, 0.25) is 0 Å². The smallest absolute Gasteiger partial charge is 0.347 e. The molecule has 11 heteroatoms. The fraction of sp³-hybridized carbons (Fsp3) is 0.417. The molecule has 1 aromatic carbocycles. The average molecular weight is 509 g/mol. The highest BCUT2D eigenvalue weighted by Crippen LogP contribution is 2.41. The summed E-state index contributed by atoms with van der Waals surface area (Å²) < 4.78 is 86.1. The SMILES string of the molecule is CC(C)(C)Cn1cc([C@H](NS(=O)(=O)C2CC2)C(F)(F)F)c2cc(F)c(-c3ncccc3C#N)cc21. The second-order valence-corrected chi connectivity index (χ2v) is 12.0. The van der Waals surface area contributed by atoms with E-state index in [4.69, 9.17) is 0 Å². The maximum atomic E-state index is 15.3. The molecule has 1 fully saturated rings. The Balaban J connectivity index is 1.96. The molecule has 0 saturated heterocycles. The Kier molecular flexibility index (Phi) is 6.18. The van der Waals surface area contributed by atoms with Gasteiger partial charge in [-0.2, -0.15) is 23.2 Å². The van der Waals surface area contributed by atoms with Crippen LogP contribution in [0.15, 0.2) is 36.7 Å². The van der Waals surface area contributed by atoms with Gasteiger partial charge in [0.1, 0.15) is 17.9 Å². The first kappa shape index (κ1) is 25.1. The van der Waals surface area contributed by atoms with Crippen LogP contribution in [0.1, 0.15) is 50.8 Å². The van der Waals surface area contributed by atoms with Crippen molar-refractivity contribution in [3.63, 3.8) is 0 Å². The lowest BCUT2D eigenvalue weighted by Crippen LogP contribution is -2.39. The molecule has 0 bridgehead atoms. The molecule has 2 aromatic heterocycles. The second kappa shape index (κ2) is 8.60. The number of rotatable bonds is 6. The van der Waals surface area contributed by atoms with Gasteiger partial charge in [0.05, 0.1) is 16.5 Å². The van der Waals surface area contributed by atoms with E-state index in [0.717, 1.165) is 6.07 Å². The van der Waals surface area contributed by atoms with Gasteiger partial charge in [0, 0.05) is 41.0 Å². The summed E-state index contributed by atoms with van der Waals surface area (Å²) in [5.41, 5.74) is -0.307. The van der Waals surface area contributed by atoms with Gasteiger partial charge < -0.3 is 4.57 Å². The zero-order valence-electron chi connectivity index (χ0n) is 19.3. The van der Waals surface area contributed by atoms with Crippen LogP contribution in [0, 0.1) is 22.6 Å². The monoisotopic (exact) mass is 508 g/mol. The predicted molar refractivity (Wildman–Crippen MR) is 123 cm³/mol. The summed E-state index contributed by atoms with van der Waals surface area (Å²) in [4.78, 5) is 4.10. The third-order valence-electron chi connectivity index (χ3n) is 5.71. The maximum absolute atomic E-state index is 15.3. The lowest BCUT2D eigenvalue weighted by molar-refractivity contribution is -0.152. The Hall–Kier alpha value is -2.97. The number of nitriles is 1. The molecule has 1 aliphatic rings. The number of nitrogens with one attached hydrogen (secondary N) is 1. The lowest BCUT2D eigenvalue weighted by Gasteiger charge is -2.22. The second-order valence-electron chi connectivity index (χ2n) is 9.97. The van der Waals surface area contributed by atoms with Gasteiger partial charge in [0.25, 0.3) is 0 Å². The first-order valence-corrected chi connectivity index (χ1v) is 12.5. The molecule has 4 rings (SSSR count). The molecule has 0 spiro atoms. The third-order valence-corrected chi connectivity index (χ3v) is 7.63. The molecule has 1 N–H and O–H groups in total. The standard InChI is InChI=1S/C24H24F4N4O2S/c1-23(2,3)13-32-12-18(22(24(26,27)28)31-35(33,34)15-6-7-15)16-9-19(25)17(10-20(16)32)21-14(11-29)5-4-8-30-21/h4-5,8-10,12,15,22,31H,6-7,13H2,1-3H3/t22-/m0/s1. The highest BCUT2D eigenvalue weighted by atomic mass is 32.2. The van der Waals surface area contributed by atoms with Crippen molar-refractivity contribution in [1.82, 2.24) is 14.3 Å². The first-order valence-electron chi connectivity index (χ1n) is 11.0. The van der Waals surface area contributed by atoms with Crippen LogP contribution < -0.4 is 4.72 Å². The van der Waals surface area contributed by atoms with E-state index in [9.17, 15) is 26.9 Å². The number of sulfonamides is 1. The highest BCUT2D eigenvalue weighted by molar-refractivity contribution is 7.90. The van der Waals surface area contributed by atoms with Crippen molar-refractivity contribution >= 4 is 20.9 Å². The van der Waals surface area contributed by atoms with E-state index in [1.165, 1.54) is 30.6 Å². The Morgan fingerprint density at radius 3 is 2.51 bits per heavy atom. The fourth-order valence-corrected chi connectivity index (χ4v) is 5.58. The number of hydrogen-bond acceptors (Lipinski definition) is 4. The number of hydrogen-bond donors (Lipinski definition) is 1. The molecular weight excluding hydrogens is 484 g/mol. The lowest BCUT2D eigenvalue weighted by atomic mass is 9.96. The van der Waals surface area contributed by atoms with E-state index in [1.54, 1.807) is 4.57 Å². The van der Waals surface area contributed by atoms with E-state index in [1.807, 2.05) is 31.6 Å². The summed E-state index contributed by atoms with van der Waals surface area (Å²) in [7, 11) is -4.20. The number of nitrogens with zero attached hydrogens (tertiary/aromatic N) is 3. The van der Waals surface area contributed by atoms with Crippen LogP contribution in [0.5, 0.6) is 0 Å².